The normalized spacial score (nSPS) is 13.1. The zero-order valence-electron chi connectivity index (χ0n) is 76.7. The molecule has 3 aromatic heterocycles. The highest BCUT2D eigenvalue weighted by Crippen LogP contribution is 2.54. The number of ketones is 3. The second-order valence-electron chi connectivity index (χ2n) is 35.9. The molecule has 0 unspecified atom stereocenters. The third-order valence-electron chi connectivity index (χ3n) is 27.0. The lowest BCUT2D eigenvalue weighted by atomic mass is 9.59. The molecular formula is C127H89N9O3. The molecule has 0 amide bonds. The van der Waals surface area contributed by atoms with E-state index >= 15 is 0 Å². The van der Waals surface area contributed by atoms with Crippen molar-refractivity contribution in [2.24, 2.45) is 0 Å². The van der Waals surface area contributed by atoms with Crippen LogP contribution in [0.4, 0.5) is 0 Å². The zero-order chi connectivity index (χ0) is 94.1. The van der Waals surface area contributed by atoms with Gasteiger partial charge in [-0.05, 0) is 107 Å². The van der Waals surface area contributed by atoms with Gasteiger partial charge in [-0.25, -0.2) is 44.9 Å². The summed E-state index contributed by atoms with van der Waals surface area (Å²) in [6.45, 7) is 8.83. The van der Waals surface area contributed by atoms with E-state index in [-0.39, 0.29) is 28.2 Å². The molecular weight excluding hydrogens is 1700 g/mol. The number of benzene rings is 18. The lowest BCUT2D eigenvalue weighted by Gasteiger charge is -2.42. The van der Waals surface area contributed by atoms with E-state index in [2.05, 4.69) is 216 Å². The smallest absolute Gasteiger partial charge is 0.194 e. The van der Waals surface area contributed by atoms with Crippen LogP contribution in [0.5, 0.6) is 0 Å². The molecule has 18 aromatic carbocycles. The lowest BCUT2D eigenvalue weighted by molar-refractivity contribution is 0.102. The van der Waals surface area contributed by atoms with Gasteiger partial charge in [0, 0.05) is 94.3 Å². The fraction of sp³-hybridized carbons (Fsp3) is 0.0551. The molecule has 0 atom stereocenters. The Bertz CT molecular complexity index is 8080. The monoisotopic (exact) mass is 1790 g/mol. The van der Waals surface area contributed by atoms with Gasteiger partial charge in [-0.15, -0.1) is 0 Å². The quantitative estimate of drug-likeness (QED) is 0.0954. The van der Waals surface area contributed by atoms with Crippen LogP contribution in [0.1, 0.15) is 120 Å². The molecule has 0 spiro atoms. The summed E-state index contributed by atoms with van der Waals surface area (Å²) < 4.78 is 0. The summed E-state index contributed by atoms with van der Waals surface area (Å²) in [4.78, 5) is 86.4. The Labute approximate surface area is 807 Å². The van der Waals surface area contributed by atoms with Crippen LogP contribution in [0.15, 0.2) is 467 Å². The number of hydrogen-bond acceptors (Lipinski definition) is 12. The average Bonchev–Trinajstić information content (AvgIpc) is 0.692. The van der Waals surface area contributed by atoms with Crippen molar-refractivity contribution in [3.63, 3.8) is 0 Å². The van der Waals surface area contributed by atoms with Crippen molar-refractivity contribution in [3.8, 4) is 147 Å². The third kappa shape index (κ3) is 16.1. The Morgan fingerprint density at radius 2 is 0.381 bits per heavy atom. The molecule has 0 bridgehead atoms. The molecule has 139 heavy (non-hydrogen) atoms. The average molecular weight is 1790 g/mol. The van der Waals surface area contributed by atoms with Crippen LogP contribution >= 0.6 is 0 Å². The molecule has 24 rings (SSSR count). The van der Waals surface area contributed by atoms with Gasteiger partial charge in [0.15, 0.2) is 69.8 Å². The van der Waals surface area contributed by atoms with Crippen LogP contribution in [-0.2, 0) is 16.2 Å². The van der Waals surface area contributed by atoms with E-state index in [9.17, 15) is 14.4 Å². The van der Waals surface area contributed by atoms with Gasteiger partial charge in [-0.3, -0.25) is 14.4 Å². The molecule has 0 radical (unpaired) electrons. The van der Waals surface area contributed by atoms with Crippen LogP contribution in [-0.4, -0.2) is 62.2 Å². The molecule has 3 aliphatic rings. The van der Waals surface area contributed by atoms with Crippen molar-refractivity contribution in [1.82, 2.24) is 44.9 Å². The van der Waals surface area contributed by atoms with E-state index in [1.54, 1.807) is 0 Å². The Kier molecular flexibility index (Phi) is 22.9. The molecule has 660 valence electrons. The summed E-state index contributed by atoms with van der Waals surface area (Å²) in [6, 6.07) is 157. The van der Waals surface area contributed by atoms with E-state index in [4.69, 9.17) is 44.9 Å². The molecule has 21 aromatic rings. The predicted octanol–water partition coefficient (Wildman–Crippen LogP) is 29.0. The number of carbonyl (C=O) groups is 3. The fourth-order valence-corrected chi connectivity index (χ4v) is 20.1. The van der Waals surface area contributed by atoms with E-state index in [0.29, 0.717) is 69.1 Å². The van der Waals surface area contributed by atoms with Gasteiger partial charge < -0.3 is 0 Å². The van der Waals surface area contributed by atoms with Crippen LogP contribution in [0.25, 0.3) is 147 Å². The van der Waals surface area contributed by atoms with Gasteiger partial charge >= 0.3 is 0 Å². The van der Waals surface area contributed by atoms with Gasteiger partial charge in [-0.2, -0.15) is 0 Å². The van der Waals surface area contributed by atoms with Crippen molar-refractivity contribution in [2.75, 3.05) is 0 Å². The highest BCUT2D eigenvalue weighted by molar-refractivity contribution is 6.18. The number of nitrogens with zero attached hydrogens (tertiary/aromatic N) is 9. The summed E-state index contributed by atoms with van der Waals surface area (Å²) in [7, 11) is 0. The SMILES string of the molecule is CC1(C)c2ccccc2C(=O)c2ccc(-c3ccccc3-c3cccc(-c4nc(-c5ccccc5)nc(-c5ccccc5)n4)c3)cc21.CC1(C)c2ccccc2C(=O)c2ccc(-c3ccccc3-c3ccccc3-c3nc(-c4ccccc4)nc(-c4ccccc4)n3)cc21.O=C1c2ccccc2C(c2ccccc2)(c2ccccc2)c2cccc(-c3nc(-c4ccccc4)nc(-c4ccccc4)n3)c21. The second kappa shape index (κ2) is 36.8. The van der Waals surface area contributed by atoms with E-state index in [1.165, 1.54) is 0 Å². The molecule has 12 nitrogen and oxygen atoms in total. The van der Waals surface area contributed by atoms with Crippen molar-refractivity contribution in [1.29, 1.82) is 0 Å². The van der Waals surface area contributed by atoms with Crippen molar-refractivity contribution in [3.05, 3.63) is 545 Å². The van der Waals surface area contributed by atoms with E-state index in [1.807, 2.05) is 279 Å². The van der Waals surface area contributed by atoms with Crippen LogP contribution in [0.2, 0.25) is 0 Å². The summed E-state index contributed by atoms with van der Waals surface area (Å²) >= 11 is 0. The summed E-state index contributed by atoms with van der Waals surface area (Å²) in [5, 5.41) is 0. The number of fused-ring (bicyclic) bond motifs is 6. The molecule has 0 N–H and O–H groups in total. The van der Waals surface area contributed by atoms with Crippen LogP contribution in [0, 0.1) is 0 Å². The van der Waals surface area contributed by atoms with Gasteiger partial charge in [-0.1, -0.05) is 477 Å². The Morgan fingerprint density at radius 3 is 0.755 bits per heavy atom. The number of carbonyl (C=O) groups excluding carboxylic acids is 3. The Balaban J connectivity index is 0.000000120. The lowest BCUT2D eigenvalue weighted by Crippen LogP contribution is -2.38. The fourth-order valence-electron chi connectivity index (χ4n) is 20.1. The standard InChI is InChI=1S/2C43H31N3O.C41H27N3O/c1-43(2)37-24-14-13-23-35(37)39(47)36-26-25-30(27-38(36)43)31-19-9-10-20-32(31)33-21-11-12-22-34(33)42-45-40(28-15-5-3-6-16-28)44-41(46-42)29-17-7-4-8-18-29;1-43(2)37-23-12-11-22-35(37)39(47)36-25-24-31(27-38(36)43)34-21-10-9-20-33(34)30-18-13-19-32(26-30)42-45-40(28-14-5-3-6-15-28)44-41(46-42)29-16-7-4-8-17-29;45-37-32-24-13-14-26-34(32)41(30-20-9-3-10-21-30,31-22-11-4-12-23-31)35-27-15-25-33(36(35)37)40-43-38(28-16-5-1-6-17-28)42-39(44-40)29-18-7-2-8-19-29/h2*3-27H,1-2H3;1-27H. The molecule has 12 heteroatoms. The molecule has 0 saturated heterocycles. The number of hydrogen-bond donors (Lipinski definition) is 0. The van der Waals surface area contributed by atoms with Gasteiger partial charge in [0.25, 0.3) is 0 Å². The highest BCUT2D eigenvalue weighted by atomic mass is 16.1. The maximum atomic E-state index is 14.7. The minimum Gasteiger partial charge on any atom is -0.289 e. The van der Waals surface area contributed by atoms with E-state index in [0.717, 1.165) is 156 Å². The number of rotatable bonds is 15. The molecule has 0 fully saturated rings. The van der Waals surface area contributed by atoms with Gasteiger partial charge in [0.2, 0.25) is 0 Å². The first-order valence-electron chi connectivity index (χ1n) is 46.7. The van der Waals surface area contributed by atoms with Crippen molar-refractivity contribution < 1.29 is 14.4 Å². The van der Waals surface area contributed by atoms with Crippen molar-refractivity contribution in [2.45, 2.75) is 43.9 Å². The number of aromatic nitrogens is 9. The highest BCUT2D eigenvalue weighted by Gasteiger charge is 2.48. The minimum atomic E-state index is -0.740. The molecule has 3 aliphatic carbocycles. The minimum absolute atomic E-state index is 0.0402. The summed E-state index contributed by atoms with van der Waals surface area (Å²) in [6.07, 6.45) is 0. The second-order valence-corrected chi connectivity index (χ2v) is 35.9. The molecule has 0 saturated carbocycles. The topological polar surface area (TPSA) is 167 Å². The predicted molar refractivity (Wildman–Crippen MR) is 556 cm³/mol. The Morgan fingerprint density at radius 1 is 0.151 bits per heavy atom. The largest absolute Gasteiger partial charge is 0.289 e. The maximum absolute atomic E-state index is 14.7. The summed E-state index contributed by atoms with van der Waals surface area (Å²) in [5.74, 6) is 5.43. The molecule has 3 heterocycles. The maximum Gasteiger partial charge on any atom is 0.194 e. The van der Waals surface area contributed by atoms with E-state index < -0.39 is 5.41 Å². The Hall–Kier alpha value is -18.0. The first kappa shape index (κ1) is 86.4. The van der Waals surface area contributed by atoms with Gasteiger partial charge in [0.1, 0.15) is 0 Å². The van der Waals surface area contributed by atoms with Gasteiger partial charge in [0.05, 0.1) is 5.41 Å². The first-order valence-corrected chi connectivity index (χ1v) is 46.7. The molecule has 0 aliphatic heterocycles. The third-order valence-corrected chi connectivity index (χ3v) is 27.0. The first-order chi connectivity index (χ1) is 68.2. The summed E-state index contributed by atoms with van der Waals surface area (Å²) in [5.41, 5.74) is 27.8. The van der Waals surface area contributed by atoms with Crippen LogP contribution in [0.3, 0.4) is 0 Å². The van der Waals surface area contributed by atoms with Crippen LogP contribution < -0.4 is 0 Å². The zero-order valence-corrected chi connectivity index (χ0v) is 76.7. The van der Waals surface area contributed by atoms with Crippen molar-refractivity contribution >= 4 is 17.3 Å².